The average molecular weight is 863 g/mol. The second-order valence-corrected chi connectivity index (χ2v) is 14.9. The highest BCUT2D eigenvalue weighted by molar-refractivity contribution is 5.71. The first-order chi connectivity index (χ1) is 31.0. The van der Waals surface area contributed by atoms with Crippen molar-refractivity contribution in [2.45, 2.75) is 155 Å². The summed E-state index contributed by atoms with van der Waals surface area (Å²) in [5.74, 6) is -1.08. The van der Waals surface area contributed by atoms with E-state index in [9.17, 15) is 14.4 Å². The van der Waals surface area contributed by atoms with E-state index in [4.69, 9.17) is 14.2 Å². The zero-order valence-electron chi connectivity index (χ0n) is 39.2. The van der Waals surface area contributed by atoms with Crippen molar-refractivity contribution < 1.29 is 28.6 Å². The summed E-state index contributed by atoms with van der Waals surface area (Å²) in [5, 5.41) is 0. The number of hydrogen-bond donors (Lipinski definition) is 0. The molecule has 1 atom stereocenters. The third-order valence-corrected chi connectivity index (χ3v) is 9.04. The predicted molar refractivity (Wildman–Crippen MR) is 269 cm³/mol. The van der Waals surface area contributed by atoms with Gasteiger partial charge >= 0.3 is 17.9 Å². The second kappa shape index (κ2) is 49.4. The van der Waals surface area contributed by atoms with Crippen molar-refractivity contribution in [2.24, 2.45) is 0 Å². The molecule has 6 nitrogen and oxygen atoms in total. The number of esters is 3. The molecule has 0 aliphatic carbocycles. The summed E-state index contributed by atoms with van der Waals surface area (Å²) in [4.78, 5) is 37.8. The molecule has 0 rings (SSSR count). The predicted octanol–water partition coefficient (Wildman–Crippen LogP) is 15.6. The van der Waals surface area contributed by atoms with Crippen molar-refractivity contribution in [3.63, 3.8) is 0 Å². The molecule has 0 bridgehead atoms. The zero-order valence-corrected chi connectivity index (χ0v) is 39.2. The van der Waals surface area contributed by atoms with Gasteiger partial charge in [-0.2, -0.15) is 0 Å². The van der Waals surface area contributed by atoms with E-state index in [2.05, 4.69) is 57.2 Å². The van der Waals surface area contributed by atoms with Crippen molar-refractivity contribution in [3.05, 3.63) is 170 Å². The van der Waals surface area contributed by atoms with Crippen molar-refractivity contribution in [2.75, 3.05) is 13.2 Å². The van der Waals surface area contributed by atoms with Crippen molar-refractivity contribution in [1.82, 2.24) is 0 Å². The third kappa shape index (κ3) is 47.7. The van der Waals surface area contributed by atoms with E-state index in [1.54, 1.807) is 0 Å². The Labute approximate surface area is 383 Å². The van der Waals surface area contributed by atoms with Crippen molar-refractivity contribution >= 4 is 17.9 Å². The van der Waals surface area contributed by atoms with Crippen LogP contribution in [-0.2, 0) is 28.6 Å². The second-order valence-electron chi connectivity index (χ2n) is 14.9. The molecule has 63 heavy (non-hydrogen) atoms. The van der Waals surface area contributed by atoms with Crippen LogP contribution >= 0.6 is 0 Å². The lowest BCUT2D eigenvalue weighted by atomic mass is 10.1. The largest absolute Gasteiger partial charge is 0.462 e. The van der Waals surface area contributed by atoms with Gasteiger partial charge in [-0.1, -0.05) is 223 Å². The van der Waals surface area contributed by atoms with E-state index >= 15 is 0 Å². The quantitative estimate of drug-likeness (QED) is 0.0201. The van der Waals surface area contributed by atoms with E-state index in [1.807, 2.05) is 134 Å². The number of hydrogen-bond acceptors (Lipinski definition) is 6. The maximum atomic E-state index is 12.7. The Hall–Kier alpha value is -5.23. The molecule has 0 saturated carbocycles. The highest BCUT2D eigenvalue weighted by atomic mass is 16.6. The highest BCUT2D eigenvalue weighted by Gasteiger charge is 2.19. The molecule has 0 saturated heterocycles. The van der Waals surface area contributed by atoms with Gasteiger partial charge < -0.3 is 14.2 Å². The van der Waals surface area contributed by atoms with Gasteiger partial charge in [0.1, 0.15) is 13.2 Å². The summed E-state index contributed by atoms with van der Waals surface area (Å²) in [5.41, 5.74) is 0. The Bertz CT molecular complexity index is 1550. The SMILES string of the molecule is CC\C=C/C=C\C=C/C=C\C=C\C=C/C=C\CCCCCC(=O)OCC(COC(=O)CCC/C=C\CCCCCC)OC(=O)CCCCC\C=C/C=C/C=C\C=C/C=C\C=C/CC. The van der Waals surface area contributed by atoms with Crippen LogP contribution in [0.15, 0.2) is 170 Å². The zero-order chi connectivity index (χ0) is 45.8. The lowest BCUT2D eigenvalue weighted by molar-refractivity contribution is -0.167. The number of unbranched alkanes of at least 4 members (excludes halogenated alkanes) is 11. The van der Waals surface area contributed by atoms with Crippen LogP contribution in [0.25, 0.3) is 0 Å². The molecule has 0 aromatic heterocycles. The van der Waals surface area contributed by atoms with E-state index in [1.165, 1.54) is 25.7 Å². The molecule has 346 valence electrons. The summed E-state index contributed by atoms with van der Waals surface area (Å²) in [6.45, 7) is 6.16. The standard InChI is InChI=1S/C57H82O6/c1-4-7-10-13-16-19-21-23-25-27-28-30-31-33-35-38-41-44-47-50-56(59)62-53-54(52-61-55(58)49-46-43-40-37-18-15-12-9-6-3)63-57(60)51-48-45-42-39-36-34-32-29-26-24-22-20-17-14-11-8-5-2/h7-8,10-11,13-14,16-17,19-37,40,54H,4-6,9,12,15,18,38-39,41-53H2,1-3H3/b10-7-,11-8-,16-13-,17-14-,21-19-,22-20-,25-23-,26-24-,28-27+,31-30-,32-29+,35-33-,36-34-,40-37-. The van der Waals surface area contributed by atoms with Gasteiger partial charge in [0, 0.05) is 19.3 Å². The van der Waals surface area contributed by atoms with Crippen LogP contribution in [0.1, 0.15) is 149 Å². The molecule has 0 aliphatic rings. The smallest absolute Gasteiger partial charge is 0.306 e. The van der Waals surface area contributed by atoms with Crippen LogP contribution in [0.2, 0.25) is 0 Å². The van der Waals surface area contributed by atoms with E-state index < -0.39 is 6.10 Å². The molecule has 0 heterocycles. The minimum Gasteiger partial charge on any atom is -0.462 e. The summed E-state index contributed by atoms with van der Waals surface area (Å²) in [6.07, 6.45) is 73.3. The summed E-state index contributed by atoms with van der Waals surface area (Å²) < 4.78 is 16.6. The molecule has 0 aliphatic heterocycles. The number of carbonyl (C=O) groups excluding carboxylic acids is 3. The fraction of sp³-hybridized carbons (Fsp3) is 0.456. The van der Waals surface area contributed by atoms with Crippen LogP contribution in [0.3, 0.4) is 0 Å². The molecule has 0 N–H and O–H groups in total. The van der Waals surface area contributed by atoms with Gasteiger partial charge in [0.2, 0.25) is 0 Å². The van der Waals surface area contributed by atoms with Gasteiger partial charge in [-0.05, 0) is 77.0 Å². The van der Waals surface area contributed by atoms with Crippen LogP contribution in [0.5, 0.6) is 0 Å². The van der Waals surface area contributed by atoms with Crippen LogP contribution in [0, 0.1) is 0 Å². The molecule has 0 aromatic carbocycles. The highest BCUT2D eigenvalue weighted by Crippen LogP contribution is 2.10. The van der Waals surface area contributed by atoms with Gasteiger partial charge in [-0.15, -0.1) is 0 Å². The number of ether oxygens (including phenoxy) is 3. The van der Waals surface area contributed by atoms with Gasteiger partial charge in [0.15, 0.2) is 6.10 Å². The van der Waals surface area contributed by atoms with E-state index in [0.717, 1.165) is 64.2 Å². The Morgan fingerprint density at radius 1 is 0.333 bits per heavy atom. The fourth-order valence-corrected chi connectivity index (χ4v) is 5.52. The third-order valence-electron chi connectivity index (χ3n) is 9.04. The maximum Gasteiger partial charge on any atom is 0.306 e. The number of carbonyl (C=O) groups is 3. The normalized spacial score (nSPS) is 13.6. The van der Waals surface area contributed by atoms with Crippen LogP contribution in [-0.4, -0.2) is 37.2 Å². The van der Waals surface area contributed by atoms with Gasteiger partial charge in [0.25, 0.3) is 0 Å². The molecule has 0 spiro atoms. The van der Waals surface area contributed by atoms with Gasteiger partial charge in [-0.25, -0.2) is 0 Å². The Morgan fingerprint density at radius 3 is 1.05 bits per heavy atom. The monoisotopic (exact) mass is 863 g/mol. The first-order valence-corrected chi connectivity index (χ1v) is 23.8. The number of allylic oxidation sites excluding steroid dienone is 28. The molecule has 0 radical (unpaired) electrons. The van der Waals surface area contributed by atoms with Gasteiger partial charge in [0.05, 0.1) is 0 Å². The van der Waals surface area contributed by atoms with Gasteiger partial charge in [-0.3, -0.25) is 14.4 Å². The van der Waals surface area contributed by atoms with E-state index in [0.29, 0.717) is 19.3 Å². The molecule has 0 amide bonds. The first-order valence-electron chi connectivity index (χ1n) is 23.8. The Balaban J connectivity index is 4.62. The van der Waals surface area contributed by atoms with E-state index in [-0.39, 0.29) is 50.4 Å². The Morgan fingerprint density at radius 2 is 0.651 bits per heavy atom. The number of rotatable bonds is 39. The van der Waals surface area contributed by atoms with Crippen molar-refractivity contribution in [1.29, 1.82) is 0 Å². The van der Waals surface area contributed by atoms with Crippen LogP contribution < -0.4 is 0 Å². The fourth-order valence-electron chi connectivity index (χ4n) is 5.52. The molecule has 0 fully saturated rings. The molecular weight excluding hydrogens is 781 g/mol. The lowest BCUT2D eigenvalue weighted by Gasteiger charge is -2.18. The average Bonchev–Trinajstić information content (AvgIpc) is 3.28. The van der Waals surface area contributed by atoms with Crippen LogP contribution in [0.4, 0.5) is 0 Å². The maximum absolute atomic E-state index is 12.7. The van der Waals surface area contributed by atoms with Crippen molar-refractivity contribution in [3.8, 4) is 0 Å². The summed E-state index contributed by atoms with van der Waals surface area (Å²) in [7, 11) is 0. The molecule has 6 heteroatoms. The molecule has 1 unspecified atom stereocenters. The molecule has 0 aromatic rings. The summed E-state index contributed by atoms with van der Waals surface area (Å²) in [6, 6.07) is 0. The first kappa shape index (κ1) is 57.8. The summed E-state index contributed by atoms with van der Waals surface area (Å²) >= 11 is 0. The Kier molecular flexibility index (Phi) is 45.3. The minimum absolute atomic E-state index is 0.136. The molecular formula is C57H82O6. The topological polar surface area (TPSA) is 78.9 Å². The minimum atomic E-state index is -0.839. The lowest BCUT2D eigenvalue weighted by Crippen LogP contribution is -2.30.